The highest BCUT2D eigenvalue weighted by molar-refractivity contribution is 9.10. The molecule has 4 rings (SSSR count). The number of nitrogens with one attached hydrogen (secondary N) is 3. The minimum Gasteiger partial charge on any atom is -0.492 e. The summed E-state index contributed by atoms with van der Waals surface area (Å²) in [6.45, 7) is 1.37. The molecule has 1 saturated heterocycles. The van der Waals surface area contributed by atoms with Gasteiger partial charge in [-0.25, -0.2) is 4.79 Å². The number of carbonyl (C=O) groups excluding carboxylic acids is 2. The molecule has 7 nitrogen and oxygen atoms in total. The molecule has 0 radical (unpaired) electrons. The molecule has 0 unspecified atom stereocenters. The minimum atomic E-state index is -0.267. The van der Waals surface area contributed by atoms with Crippen molar-refractivity contribution < 1.29 is 19.1 Å². The van der Waals surface area contributed by atoms with E-state index in [0.29, 0.717) is 40.4 Å². The topological polar surface area (TPSA) is 88.7 Å². The summed E-state index contributed by atoms with van der Waals surface area (Å²) in [5.74, 6) is 0.902. The average molecular weight is 599 g/mol. The average Bonchev–Trinajstić information content (AvgIpc) is 3.22. The van der Waals surface area contributed by atoms with Crippen LogP contribution in [-0.2, 0) is 17.9 Å². The minimum absolute atomic E-state index is 0.233. The van der Waals surface area contributed by atoms with Crippen LogP contribution in [0.5, 0.6) is 11.5 Å². The van der Waals surface area contributed by atoms with Gasteiger partial charge in [0.15, 0.2) is 0 Å². The maximum absolute atomic E-state index is 12.1. The highest BCUT2D eigenvalue weighted by Gasteiger charge is 2.22. The number of thioether (sulfide) groups is 1. The van der Waals surface area contributed by atoms with E-state index in [0.717, 1.165) is 21.2 Å². The number of urea groups is 1. The molecule has 190 valence electrons. The highest BCUT2D eigenvalue weighted by atomic mass is 79.9. The second-order valence-corrected chi connectivity index (χ2v) is 10.4. The summed E-state index contributed by atoms with van der Waals surface area (Å²) in [5.41, 5.74) is 2.72. The van der Waals surface area contributed by atoms with Crippen LogP contribution in [0.25, 0.3) is 6.08 Å². The SMILES string of the molecule is O=C(NCCOc1ccc(/C=C2\SC(=S)NC2=O)c(OCc2ccccc2Br)c1)NCc1ccccc1. The maximum atomic E-state index is 12.1. The van der Waals surface area contributed by atoms with Gasteiger partial charge in [-0.15, -0.1) is 0 Å². The van der Waals surface area contributed by atoms with Gasteiger partial charge in [0, 0.05) is 28.2 Å². The summed E-state index contributed by atoms with van der Waals surface area (Å²) < 4.78 is 13.3. The van der Waals surface area contributed by atoms with Crippen molar-refractivity contribution >= 4 is 62.2 Å². The molecule has 0 saturated carbocycles. The first-order valence-corrected chi connectivity index (χ1v) is 13.4. The molecule has 0 spiro atoms. The zero-order valence-electron chi connectivity index (χ0n) is 19.7. The van der Waals surface area contributed by atoms with E-state index in [1.165, 1.54) is 11.8 Å². The van der Waals surface area contributed by atoms with Crippen LogP contribution >= 0.6 is 39.9 Å². The van der Waals surface area contributed by atoms with Crippen molar-refractivity contribution in [1.82, 2.24) is 16.0 Å². The Morgan fingerprint density at radius 3 is 2.57 bits per heavy atom. The third kappa shape index (κ3) is 8.08. The van der Waals surface area contributed by atoms with E-state index in [1.807, 2.05) is 60.7 Å². The van der Waals surface area contributed by atoms with Crippen LogP contribution in [0.1, 0.15) is 16.7 Å². The maximum Gasteiger partial charge on any atom is 0.315 e. The zero-order chi connectivity index (χ0) is 26.0. The van der Waals surface area contributed by atoms with Gasteiger partial charge in [0.05, 0.1) is 11.4 Å². The predicted octanol–water partition coefficient (Wildman–Crippen LogP) is 5.40. The molecule has 3 N–H and O–H groups in total. The summed E-state index contributed by atoms with van der Waals surface area (Å²) in [6, 6.07) is 22.6. The van der Waals surface area contributed by atoms with Gasteiger partial charge in [0.2, 0.25) is 0 Å². The van der Waals surface area contributed by atoms with Gasteiger partial charge in [0.25, 0.3) is 5.91 Å². The van der Waals surface area contributed by atoms with Crippen molar-refractivity contribution in [2.75, 3.05) is 13.2 Å². The number of carbonyl (C=O) groups is 2. The molecule has 1 heterocycles. The summed E-state index contributed by atoms with van der Waals surface area (Å²) in [6.07, 6.45) is 1.75. The van der Waals surface area contributed by atoms with Crippen molar-refractivity contribution in [3.8, 4) is 11.5 Å². The fourth-order valence-electron chi connectivity index (χ4n) is 3.36. The Labute approximate surface area is 233 Å². The number of amides is 3. The van der Waals surface area contributed by atoms with Crippen LogP contribution < -0.4 is 25.4 Å². The largest absolute Gasteiger partial charge is 0.492 e. The van der Waals surface area contributed by atoms with E-state index in [1.54, 1.807) is 18.2 Å². The smallest absolute Gasteiger partial charge is 0.315 e. The van der Waals surface area contributed by atoms with Crippen molar-refractivity contribution in [3.05, 3.63) is 98.9 Å². The van der Waals surface area contributed by atoms with Crippen molar-refractivity contribution in [2.24, 2.45) is 0 Å². The molecule has 3 aromatic carbocycles. The van der Waals surface area contributed by atoms with Gasteiger partial charge >= 0.3 is 6.03 Å². The lowest BCUT2D eigenvalue weighted by atomic mass is 10.1. The monoisotopic (exact) mass is 597 g/mol. The van der Waals surface area contributed by atoms with Crippen LogP contribution in [-0.4, -0.2) is 29.4 Å². The first-order chi connectivity index (χ1) is 18.0. The Hall–Kier alpha value is -3.34. The number of rotatable bonds is 10. The summed E-state index contributed by atoms with van der Waals surface area (Å²) >= 11 is 9.84. The van der Waals surface area contributed by atoms with Gasteiger partial charge in [0.1, 0.15) is 29.0 Å². The third-order valence-electron chi connectivity index (χ3n) is 5.21. The molecule has 3 amide bonds. The highest BCUT2D eigenvalue weighted by Crippen LogP contribution is 2.32. The molecule has 0 bridgehead atoms. The quantitative estimate of drug-likeness (QED) is 0.165. The van der Waals surface area contributed by atoms with E-state index < -0.39 is 0 Å². The number of halogens is 1. The van der Waals surface area contributed by atoms with E-state index in [9.17, 15) is 9.59 Å². The van der Waals surface area contributed by atoms with Gasteiger partial charge in [-0.05, 0) is 29.8 Å². The Morgan fingerprint density at radius 2 is 1.81 bits per heavy atom. The fourth-order valence-corrected chi connectivity index (χ4v) is 4.79. The molecular weight excluding hydrogens is 574 g/mol. The van der Waals surface area contributed by atoms with E-state index >= 15 is 0 Å². The van der Waals surface area contributed by atoms with E-state index in [4.69, 9.17) is 21.7 Å². The normalized spacial score (nSPS) is 13.8. The van der Waals surface area contributed by atoms with Gasteiger partial charge in [-0.3, -0.25) is 4.79 Å². The van der Waals surface area contributed by atoms with Crippen molar-refractivity contribution in [3.63, 3.8) is 0 Å². The number of hydrogen-bond acceptors (Lipinski definition) is 6. The molecule has 0 aromatic heterocycles. The lowest BCUT2D eigenvalue weighted by Crippen LogP contribution is -2.37. The summed E-state index contributed by atoms with van der Waals surface area (Å²) in [7, 11) is 0. The molecule has 1 fully saturated rings. The molecule has 0 aliphatic carbocycles. The molecule has 37 heavy (non-hydrogen) atoms. The molecule has 1 aliphatic rings. The molecule has 3 aromatic rings. The van der Waals surface area contributed by atoms with Crippen LogP contribution in [0.2, 0.25) is 0 Å². The van der Waals surface area contributed by atoms with Gasteiger partial charge < -0.3 is 25.4 Å². The second-order valence-electron chi connectivity index (χ2n) is 7.88. The zero-order valence-corrected chi connectivity index (χ0v) is 22.9. The van der Waals surface area contributed by atoms with E-state index in [2.05, 4.69) is 31.9 Å². The summed E-state index contributed by atoms with van der Waals surface area (Å²) in [5, 5.41) is 8.21. The Kier molecular flexibility index (Phi) is 9.58. The lowest BCUT2D eigenvalue weighted by molar-refractivity contribution is -0.115. The number of hydrogen-bond donors (Lipinski definition) is 3. The van der Waals surface area contributed by atoms with Gasteiger partial charge in [-0.2, -0.15) is 0 Å². The van der Waals surface area contributed by atoms with Gasteiger partial charge in [-0.1, -0.05) is 88.4 Å². The second kappa shape index (κ2) is 13.3. The Morgan fingerprint density at radius 1 is 1.03 bits per heavy atom. The first kappa shape index (κ1) is 26.7. The number of benzene rings is 3. The Bertz CT molecular complexity index is 1320. The number of ether oxygens (including phenoxy) is 2. The predicted molar refractivity (Wildman–Crippen MR) is 153 cm³/mol. The molecule has 1 aliphatic heterocycles. The third-order valence-corrected chi connectivity index (χ3v) is 7.14. The molecule has 0 atom stereocenters. The van der Waals surface area contributed by atoms with Crippen molar-refractivity contribution in [1.29, 1.82) is 0 Å². The lowest BCUT2D eigenvalue weighted by Gasteiger charge is -2.14. The standard InChI is InChI=1S/C27H24BrN3O4S2/c28-22-9-5-4-8-20(22)17-35-23-15-21(11-10-19(23)14-24-25(32)31-27(36)37-24)34-13-12-29-26(33)30-16-18-6-2-1-3-7-18/h1-11,14-15H,12-13,16-17H2,(H2,29,30,33)(H,31,32,36)/b24-14-. The van der Waals surface area contributed by atoms with Crippen LogP contribution in [0, 0.1) is 0 Å². The fraction of sp³-hybridized carbons (Fsp3) is 0.148. The van der Waals surface area contributed by atoms with Crippen LogP contribution in [0.15, 0.2) is 82.2 Å². The number of thiocarbonyl (C=S) groups is 1. The molecular formula is C27H24BrN3O4S2. The van der Waals surface area contributed by atoms with Crippen molar-refractivity contribution in [2.45, 2.75) is 13.2 Å². The first-order valence-electron chi connectivity index (χ1n) is 11.4. The van der Waals surface area contributed by atoms with Crippen LogP contribution in [0.3, 0.4) is 0 Å². The summed E-state index contributed by atoms with van der Waals surface area (Å²) in [4.78, 5) is 24.7. The Balaban J connectivity index is 1.37. The van der Waals surface area contributed by atoms with Crippen LogP contribution in [0.4, 0.5) is 4.79 Å². The molecule has 10 heteroatoms. The van der Waals surface area contributed by atoms with E-state index in [-0.39, 0.29) is 18.5 Å².